The molecule has 2 atom stereocenters. The van der Waals surface area contributed by atoms with E-state index >= 15 is 0 Å². The molecule has 0 saturated carbocycles. The van der Waals surface area contributed by atoms with Crippen molar-refractivity contribution in [2.75, 3.05) is 5.32 Å². The molecule has 0 aliphatic rings. The largest absolute Gasteiger partial charge is 2.00 e. The van der Waals surface area contributed by atoms with Crippen LogP contribution >= 0.6 is 0 Å². The van der Waals surface area contributed by atoms with E-state index in [4.69, 9.17) is 5.11 Å². The van der Waals surface area contributed by atoms with Crippen LogP contribution in [-0.4, -0.2) is 81.7 Å². The zero-order chi connectivity index (χ0) is 28.6. The number of benzene rings is 3. The van der Waals surface area contributed by atoms with E-state index in [1.807, 2.05) is 105 Å². The van der Waals surface area contributed by atoms with E-state index in [0.717, 1.165) is 28.1 Å². The smallest absolute Gasteiger partial charge is 1.00 e. The first-order valence-electron chi connectivity index (χ1n) is 13.6. The van der Waals surface area contributed by atoms with Crippen LogP contribution in [0.15, 0.2) is 91.0 Å². The monoisotopic (exact) mass is 582 g/mol. The van der Waals surface area contributed by atoms with Gasteiger partial charge in [0.05, 0.1) is 29.9 Å². The molecule has 0 aliphatic carbocycles. The molecule has 41 heavy (non-hydrogen) atoms. The number of hydrogen-bond acceptors (Lipinski definition) is 4. The van der Waals surface area contributed by atoms with Crippen LogP contribution in [0.3, 0.4) is 0 Å². The third-order valence-corrected chi connectivity index (χ3v) is 6.86. The van der Waals surface area contributed by atoms with Gasteiger partial charge in [-0.15, -0.1) is 0 Å². The first kappa shape index (κ1) is 32.6. The van der Waals surface area contributed by atoms with Crippen LogP contribution in [0.25, 0.3) is 22.4 Å². The Balaban J connectivity index is 0.00000308. The topological polar surface area (TPSA) is 112 Å². The minimum absolute atomic E-state index is 0. The van der Waals surface area contributed by atoms with Gasteiger partial charge in [-0.25, -0.2) is 0 Å². The van der Waals surface area contributed by atoms with Crippen LogP contribution in [-0.2, 0) is 11.3 Å². The summed E-state index contributed by atoms with van der Waals surface area (Å²) >= 11 is 0. The van der Waals surface area contributed by atoms with E-state index < -0.39 is 24.6 Å². The van der Waals surface area contributed by atoms with Gasteiger partial charge < -0.3 is 28.1 Å². The van der Waals surface area contributed by atoms with Crippen molar-refractivity contribution >= 4 is 55.3 Å². The Morgan fingerprint density at radius 2 is 1.37 bits per heavy atom. The van der Waals surface area contributed by atoms with Gasteiger partial charge in [0, 0.05) is 23.5 Å². The maximum atomic E-state index is 14.1. The van der Waals surface area contributed by atoms with E-state index in [2.05, 4.69) is 9.88 Å². The molecule has 2 unspecified atom stereocenters. The van der Waals surface area contributed by atoms with Crippen LogP contribution < -0.4 is 5.32 Å². The molecule has 4 N–H and O–H groups in total. The second-order valence-electron chi connectivity index (χ2n) is 10.3. The SMILES string of the molecule is CC(C)c1c(C(=O)Nc2ccccc2)c(-c2ccccc2)c(-c2ccccc2)n1CCC(O)CC(O)CC(=O)O.[Ca+2].[H-].[H-]. The molecule has 1 amide bonds. The van der Waals surface area contributed by atoms with Crippen LogP contribution in [0, 0.1) is 0 Å². The Kier molecular flexibility index (Phi) is 12.2. The fourth-order valence-corrected chi connectivity index (χ4v) is 5.19. The van der Waals surface area contributed by atoms with E-state index in [1.54, 1.807) is 0 Å². The van der Waals surface area contributed by atoms with Gasteiger partial charge in [0.1, 0.15) is 0 Å². The summed E-state index contributed by atoms with van der Waals surface area (Å²) in [6, 6.07) is 29.0. The molecular formula is C33H38CaN2O5. The molecular weight excluding hydrogens is 544 g/mol. The zero-order valence-corrected chi connectivity index (χ0v) is 25.7. The average molecular weight is 583 g/mol. The van der Waals surface area contributed by atoms with E-state index in [1.165, 1.54) is 0 Å². The van der Waals surface area contributed by atoms with Crippen LogP contribution in [0.5, 0.6) is 0 Å². The summed E-state index contributed by atoms with van der Waals surface area (Å²) in [4.78, 5) is 25.0. The molecule has 212 valence electrons. The van der Waals surface area contributed by atoms with Crippen molar-refractivity contribution < 1.29 is 27.8 Å². The maximum Gasteiger partial charge on any atom is 2.00 e. The first-order chi connectivity index (χ1) is 19.3. The molecule has 1 heterocycles. The van der Waals surface area contributed by atoms with E-state index in [9.17, 15) is 19.8 Å². The molecule has 0 bridgehead atoms. The number of para-hydroxylation sites is 1. The number of carbonyl (C=O) groups excluding carboxylic acids is 1. The average Bonchev–Trinajstić information content (AvgIpc) is 3.28. The van der Waals surface area contributed by atoms with Crippen molar-refractivity contribution in [3.05, 3.63) is 102 Å². The third kappa shape index (κ3) is 8.31. The fourth-order valence-electron chi connectivity index (χ4n) is 5.19. The Morgan fingerprint density at radius 3 is 1.90 bits per heavy atom. The summed E-state index contributed by atoms with van der Waals surface area (Å²) in [5.74, 6) is -1.37. The Hall–Kier alpha value is -2.94. The van der Waals surface area contributed by atoms with Crippen molar-refractivity contribution in [2.45, 2.75) is 57.8 Å². The quantitative estimate of drug-likeness (QED) is 0.153. The molecule has 0 saturated heterocycles. The summed E-state index contributed by atoms with van der Waals surface area (Å²) in [6.45, 7) is 4.46. The number of rotatable bonds is 12. The van der Waals surface area contributed by atoms with Crippen molar-refractivity contribution in [3.8, 4) is 22.4 Å². The van der Waals surface area contributed by atoms with Crippen molar-refractivity contribution in [1.29, 1.82) is 0 Å². The number of nitrogens with one attached hydrogen (secondary N) is 1. The summed E-state index contributed by atoms with van der Waals surface area (Å²) in [5, 5.41) is 32.9. The minimum atomic E-state index is -1.14. The molecule has 4 aromatic rings. The number of aliphatic carboxylic acids is 1. The third-order valence-electron chi connectivity index (χ3n) is 6.86. The number of aromatic nitrogens is 1. The van der Waals surface area contributed by atoms with Crippen LogP contribution in [0.1, 0.15) is 57.9 Å². The number of nitrogens with zero attached hydrogens (tertiary/aromatic N) is 1. The Bertz CT molecular complexity index is 1430. The van der Waals surface area contributed by atoms with Crippen molar-refractivity contribution in [2.24, 2.45) is 0 Å². The normalized spacial score (nSPS) is 12.4. The Labute approximate surface area is 273 Å². The fraction of sp³-hybridized carbons (Fsp3) is 0.273. The minimum Gasteiger partial charge on any atom is -1.00 e. The van der Waals surface area contributed by atoms with E-state index in [0.29, 0.717) is 17.8 Å². The summed E-state index contributed by atoms with van der Waals surface area (Å²) in [5.41, 5.74) is 5.61. The molecule has 0 aliphatic heterocycles. The number of carboxylic acid groups (broad SMARTS) is 1. The molecule has 0 radical (unpaired) electrons. The summed E-state index contributed by atoms with van der Waals surface area (Å²) in [7, 11) is 0. The molecule has 0 spiro atoms. The predicted molar refractivity (Wildman–Crippen MR) is 165 cm³/mol. The van der Waals surface area contributed by atoms with Gasteiger partial charge in [-0.05, 0) is 42.0 Å². The molecule has 7 nitrogen and oxygen atoms in total. The maximum absolute atomic E-state index is 14.1. The standard InChI is InChI=1S/C33H36N2O5.Ca.2H/c1-22(2)31-30(33(40)34-25-16-10-5-11-17-25)29(23-12-6-3-7-13-23)32(24-14-8-4-9-15-24)35(31)19-18-26(36)20-27(37)21-28(38)39;;;/h3-17,22,26-27,36-37H,18-21H2,1-2H3,(H,34,40)(H,38,39);;;/q;+2;2*-1. The van der Waals surface area contributed by atoms with Crippen LogP contribution in [0.2, 0.25) is 0 Å². The number of carbonyl (C=O) groups is 2. The molecule has 8 heteroatoms. The van der Waals surface area contributed by atoms with Gasteiger partial charge in [-0.3, -0.25) is 9.59 Å². The zero-order valence-electron chi connectivity index (χ0n) is 25.5. The summed E-state index contributed by atoms with van der Waals surface area (Å²) in [6.07, 6.45) is -2.24. The number of amides is 1. The molecule has 0 fully saturated rings. The Morgan fingerprint density at radius 1 is 0.829 bits per heavy atom. The van der Waals surface area contributed by atoms with Gasteiger partial charge in [0.25, 0.3) is 5.91 Å². The van der Waals surface area contributed by atoms with Gasteiger partial charge in [0.2, 0.25) is 0 Å². The van der Waals surface area contributed by atoms with Gasteiger partial charge >= 0.3 is 43.7 Å². The summed E-state index contributed by atoms with van der Waals surface area (Å²) < 4.78 is 2.11. The predicted octanol–water partition coefficient (Wildman–Crippen LogP) is 6.02. The van der Waals surface area contributed by atoms with Crippen LogP contribution in [0.4, 0.5) is 5.69 Å². The first-order valence-corrected chi connectivity index (χ1v) is 13.6. The van der Waals surface area contributed by atoms with Gasteiger partial charge in [-0.1, -0.05) is 92.7 Å². The molecule has 3 aromatic carbocycles. The van der Waals surface area contributed by atoms with Crippen molar-refractivity contribution in [1.82, 2.24) is 4.57 Å². The number of carboxylic acids is 1. The van der Waals surface area contributed by atoms with E-state index in [-0.39, 0.29) is 65.3 Å². The second-order valence-corrected chi connectivity index (χ2v) is 10.3. The second kappa shape index (κ2) is 15.3. The van der Waals surface area contributed by atoms with Gasteiger partial charge in [-0.2, -0.15) is 0 Å². The number of hydrogen-bond donors (Lipinski definition) is 4. The number of aliphatic hydroxyl groups is 2. The van der Waals surface area contributed by atoms with Crippen molar-refractivity contribution in [3.63, 3.8) is 0 Å². The number of aliphatic hydroxyl groups excluding tert-OH is 2. The number of anilines is 1. The van der Waals surface area contributed by atoms with Gasteiger partial charge in [0.15, 0.2) is 0 Å². The molecule has 1 aromatic heterocycles. The molecule has 4 rings (SSSR count).